The van der Waals surface area contributed by atoms with Crippen molar-refractivity contribution in [1.29, 1.82) is 0 Å². The van der Waals surface area contributed by atoms with Crippen LogP contribution in [0.1, 0.15) is 19.4 Å². The Hall–Kier alpha value is -10.7. The summed E-state index contributed by atoms with van der Waals surface area (Å²) in [5.41, 5.74) is 10.4. The number of ether oxygens (including phenoxy) is 1. The van der Waals surface area contributed by atoms with Crippen LogP contribution >= 0.6 is 0 Å². The summed E-state index contributed by atoms with van der Waals surface area (Å²) in [5.74, 6) is 1.41. The van der Waals surface area contributed by atoms with Crippen molar-refractivity contribution in [3.63, 3.8) is 0 Å². The first-order chi connectivity index (χ1) is 47.1. The van der Waals surface area contributed by atoms with Gasteiger partial charge in [-0.25, -0.2) is 24.9 Å². The van der Waals surface area contributed by atoms with Crippen molar-refractivity contribution < 1.29 is 13.0 Å². The van der Waals surface area contributed by atoms with Gasteiger partial charge in [0.25, 0.3) is 0 Å². The van der Waals surface area contributed by atoms with Crippen molar-refractivity contribution in [2.45, 2.75) is 30.7 Å². The number of rotatable bonds is 13. The Kier molecular flexibility index (Phi) is 12.0. The molecule has 0 saturated carbocycles. The molecule has 11 aromatic carbocycles. The molecule has 0 N–H and O–H groups in total. The third-order valence-electron chi connectivity index (χ3n) is 18.5. The molecule has 1 aliphatic heterocycles. The SMILES string of the molecule is [2H]C([2H])([2H])[Si](C)(c1nc(-c2ccccc2)cc(-c2ccccc2)n1)C1([Si](C)(c2nc(-c3ccccc3)cc(-c3ccccc3)n2)C([2H])([2H])[2H])c2ccccc2Oc2c1cccc2[Si](c1ccccc1)(c1ccccc1)c1cccc(-n2c3ccccc3n3c4ccccc4nc23)c1. The third-order valence-corrected chi connectivity index (χ3v) is 32.6. The molecule has 0 saturated heterocycles. The summed E-state index contributed by atoms with van der Waals surface area (Å²) in [5, 5.41) is 3.74. The minimum Gasteiger partial charge on any atom is -0.457 e. The first-order valence-electron chi connectivity index (χ1n) is 33.7. The fourth-order valence-electron chi connectivity index (χ4n) is 14.5. The van der Waals surface area contributed by atoms with E-state index in [4.69, 9.17) is 29.7 Å². The molecule has 0 aliphatic carbocycles. The number of imidazole rings is 2. The van der Waals surface area contributed by atoms with Crippen molar-refractivity contribution in [3.8, 4) is 62.2 Å². The number of hydrogen-bond donors (Lipinski definition) is 0. The molecule has 0 fully saturated rings. The van der Waals surface area contributed by atoms with Gasteiger partial charge in [-0.1, -0.05) is 281 Å². The molecule has 0 radical (unpaired) electrons. The lowest BCUT2D eigenvalue weighted by atomic mass is 9.98. The van der Waals surface area contributed by atoms with Crippen molar-refractivity contribution in [3.05, 3.63) is 321 Å². The number of benzene rings is 11. The molecule has 436 valence electrons. The molecule has 15 aromatic rings. The first-order valence-corrected chi connectivity index (χ1v) is 37.7. The van der Waals surface area contributed by atoms with E-state index >= 15 is 0 Å². The molecule has 0 amide bonds. The topological polar surface area (TPSA) is 83.0 Å². The van der Waals surface area contributed by atoms with Gasteiger partial charge in [-0.15, -0.1) is 0 Å². The van der Waals surface area contributed by atoms with E-state index in [0.29, 0.717) is 45.4 Å². The highest BCUT2D eigenvalue weighted by Crippen LogP contribution is 2.56. The van der Waals surface area contributed by atoms with Crippen molar-refractivity contribution in [1.82, 2.24) is 33.9 Å². The zero-order valence-corrected chi connectivity index (χ0v) is 53.0. The quantitative estimate of drug-likeness (QED) is 0.0845. The maximum absolute atomic E-state index is 10.8. The van der Waals surface area contributed by atoms with Gasteiger partial charge in [0.15, 0.2) is 8.07 Å². The second-order valence-electron chi connectivity index (χ2n) is 23.8. The average molecular weight is 1230 g/mol. The lowest BCUT2D eigenvalue weighted by Gasteiger charge is -2.56. The molecule has 0 bridgehead atoms. The Morgan fingerprint density at radius 1 is 0.374 bits per heavy atom. The summed E-state index contributed by atoms with van der Waals surface area (Å²) in [6.45, 7) is -2.40. The van der Waals surface area contributed by atoms with E-state index in [2.05, 4.69) is 118 Å². The van der Waals surface area contributed by atoms with E-state index in [1.807, 2.05) is 213 Å². The van der Waals surface area contributed by atoms with Gasteiger partial charge in [-0.05, 0) is 75.3 Å². The van der Waals surface area contributed by atoms with Gasteiger partial charge in [0.1, 0.15) is 38.5 Å². The average Bonchev–Trinajstić information content (AvgIpc) is 1.18. The number of aromatic nitrogens is 7. The van der Waals surface area contributed by atoms with E-state index in [9.17, 15) is 8.22 Å². The van der Waals surface area contributed by atoms with Gasteiger partial charge < -0.3 is 4.74 Å². The molecule has 2 atom stereocenters. The van der Waals surface area contributed by atoms with E-state index in [1.54, 1.807) is 0 Å². The lowest BCUT2D eigenvalue weighted by molar-refractivity contribution is 0.452. The summed E-state index contributed by atoms with van der Waals surface area (Å²) >= 11 is 0. The van der Waals surface area contributed by atoms with Crippen LogP contribution in [-0.2, 0) is 4.66 Å². The maximum Gasteiger partial charge on any atom is 0.220 e. The Balaban J connectivity index is 1.09. The molecule has 4 aromatic heterocycles. The fourth-order valence-corrected chi connectivity index (χ4v) is 29.0. The van der Waals surface area contributed by atoms with E-state index in [0.717, 1.165) is 76.5 Å². The molecular weight excluding hydrogens is 1160 g/mol. The van der Waals surface area contributed by atoms with Crippen LogP contribution in [0.3, 0.4) is 0 Å². The van der Waals surface area contributed by atoms with Crippen LogP contribution in [0.25, 0.3) is 78.6 Å². The largest absolute Gasteiger partial charge is 0.457 e. The summed E-state index contributed by atoms with van der Waals surface area (Å²) in [7, 11) is -14.2. The molecule has 5 heterocycles. The smallest absolute Gasteiger partial charge is 0.220 e. The second-order valence-corrected chi connectivity index (χ2v) is 34.9. The van der Waals surface area contributed by atoms with Crippen molar-refractivity contribution >= 4 is 83.7 Å². The fraction of sp³-hybridized carbons (Fsp3) is 0.0625. The summed E-state index contributed by atoms with van der Waals surface area (Å²) in [4.78, 5) is 27.7. The highest BCUT2D eigenvalue weighted by atomic mass is 28.4. The Labute approximate surface area is 541 Å². The molecule has 8 nitrogen and oxygen atoms in total. The molecule has 0 spiro atoms. The minimum atomic E-state index is -5.14. The van der Waals surface area contributed by atoms with Gasteiger partial charge in [0, 0.05) is 52.0 Å². The van der Waals surface area contributed by atoms with E-state index < -0.39 is 41.8 Å². The highest BCUT2D eigenvalue weighted by Gasteiger charge is 2.67. The van der Waals surface area contributed by atoms with Crippen molar-refractivity contribution in [2.75, 3.05) is 0 Å². The second kappa shape index (κ2) is 22.1. The predicted octanol–water partition coefficient (Wildman–Crippen LogP) is 14.8. The number of hydrogen-bond acceptors (Lipinski definition) is 6. The van der Waals surface area contributed by atoms with Crippen LogP contribution in [0.15, 0.2) is 309 Å². The summed E-state index contributed by atoms with van der Waals surface area (Å²) in [6.07, 6.45) is 0. The van der Waals surface area contributed by atoms with E-state index in [-0.39, 0.29) is 10.9 Å². The predicted molar refractivity (Wildman–Crippen MR) is 380 cm³/mol. The molecule has 1 aliphatic rings. The number of para-hydroxylation sites is 6. The first kappa shape index (κ1) is 49.2. The molecule has 2 unspecified atom stereocenters. The van der Waals surface area contributed by atoms with Crippen LogP contribution < -0.4 is 36.4 Å². The van der Waals surface area contributed by atoms with Crippen LogP contribution in [0.2, 0.25) is 26.0 Å². The monoisotopic (exact) mass is 1230 g/mol. The Bertz CT molecular complexity index is 5170. The molecule has 16 rings (SSSR count). The summed E-state index contributed by atoms with van der Waals surface area (Å²) < 4.78 is 75.1. The van der Waals surface area contributed by atoms with Gasteiger partial charge in [-0.3, -0.25) is 8.97 Å². The van der Waals surface area contributed by atoms with Crippen LogP contribution in [0.5, 0.6) is 11.5 Å². The Morgan fingerprint density at radius 2 is 0.791 bits per heavy atom. The van der Waals surface area contributed by atoms with Crippen LogP contribution in [0, 0.1) is 0 Å². The number of nitrogens with zero attached hydrogens (tertiary/aromatic N) is 7. The number of fused-ring (bicyclic) bond motifs is 7. The van der Waals surface area contributed by atoms with Crippen molar-refractivity contribution in [2.24, 2.45) is 0 Å². The van der Waals surface area contributed by atoms with Gasteiger partial charge >= 0.3 is 0 Å². The molecule has 91 heavy (non-hydrogen) atoms. The van der Waals surface area contributed by atoms with Gasteiger partial charge in [0.05, 0.1) is 44.8 Å². The highest BCUT2D eigenvalue weighted by molar-refractivity contribution is 7.20. The summed E-state index contributed by atoms with van der Waals surface area (Å²) in [6, 6.07) is 103. The lowest BCUT2D eigenvalue weighted by Crippen LogP contribution is -2.78. The van der Waals surface area contributed by atoms with Crippen LogP contribution in [-0.4, -0.2) is 58.1 Å². The van der Waals surface area contributed by atoms with Gasteiger partial charge in [0.2, 0.25) is 5.78 Å². The maximum atomic E-state index is 10.8. The zero-order valence-electron chi connectivity index (χ0n) is 56.0. The standard InChI is InChI=1S/C80H63N7OSi3/c1-89(2,77-81-67(56-31-11-5-12-32-56)54-68(82-77)57-33-13-6-14-34-57)80(90(3,4)78-83-69(58-35-15-7-16-36-58)55-70(84-78)59-37-17-8-18-38-59)64-45-23-28-51-74(64)88-76-65(80)46-30-52-75(76)91(61-40-19-9-20-41-61,62-42-21-10-22-43-62)63-44-29-39-60(53-63)86-72-49-26-27-50-73(72)87-71-48-25-24-47-66(71)85-79(86)87/h5-55H,1-4H3/i1D3,3D3. The molecular formula is C80H63N7OSi3. The minimum absolute atomic E-state index is 0.0467. The Morgan fingerprint density at radius 3 is 1.31 bits per heavy atom. The van der Waals surface area contributed by atoms with Gasteiger partial charge in [-0.2, -0.15) is 0 Å². The van der Waals surface area contributed by atoms with E-state index in [1.165, 1.54) is 0 Å². The normalized spacial score (nSPS) is 16.4. The van der Waals surface area contributed by atoms with Crippen LogP contribution in [0.4, 0.5) is 0 Å². The molecule has 11 heteroatoms. The third kappa shape index (κ3) is 8.78. The zero-order chi connectivity index (χ0) is 66.3.